The molecule has 0 spiro atoms. The van der Waals surface area contributed by atoms with Gasteiger partial charge in [0.05, 0.1) is 5.56 Å². The number of rotatable bonds is 1. The molecule has 0 aliphatic heterocycles. The molecule has 6 heteroatoms. The fourth-order valence-electron chi connectivity index (χ4n) is 2.06. The molecule has 1 heterocycles. The van der Waals surface area contributed by atoms with Crippen molar-refractivity contribution in [2.45, 2.75) is 0 Å². The van der Waals surface area contributed by atoms with E-state index < -0.39 is 5.43 Å². The summed E-state index contributed by atoms with van der Waals surface area (Å²) >= 11 is 0. The molecule has 5 nitrogen and oxygen atoms in total. The van der Waals surface area contributed by atoms with Crippen LogP contribution in [-0.4, -0.2) is 53.1 Å². The Bertz CT molecular complexity index is 862. The summed E-state index contributed by atoms with van der Waals surface area (Å²) in [6.07, 6.45) is 1.26. The van der Waals surface area contributed by atoms with Gasteiger partial charge >= 0.3 is 37.7 Å². The summed E-state index contributed by atoms with van der Waals surface area (Å²) in [6, 6.07) is 8.40. The van der Waals surface area contributed by atoms with Crippen LogP contribution in [0.5, 0.6) is 17.2 Å². The van der Waals surface area contributed by atoms with Crippen molar-refractivity contribution < 1.29 is 22.6 Å². The maximum absolute atomic E-state index is 12.4. The zero-order valence-electron chi connectivity index (χ0n) is 12.9. The summed E-state index contributed by atoms with van der Waals surface area (Å²) < 4.78 is 5.29. The quantitative estimate of drug-likeness (QED) is 0.600. The Morgan fingerprint density at radius 1 is 0.952 bits per heavy atom. The zero-order valence-corrected chi connectivity index (χ0v) is 13.1. The standard InChI is InChI=1S/C15H10O5.Ca.2H/c16-9-3-1-8(2-4-9)11-7-20-13-6-10(17)5-12(18)14(13)15(11)19;;;/h1-7,16-18H;;;/q;+2;2*-1. The Hall–Kier alpha value is -1.69. The second kappa shape index (κ2) is 5.97. The minimum Gasteiger partial charge on any atom is -1.00 e. The number of phenols is 3. The summed E-state index contributed by atoms with van der Waals surface area (Å²) in [5, 5.41) is 28.4. The van der Waals surface area contributed by atoms with E-state index in [0.717, 1.165) is 6.07 Å². The Morgan fingerprint density at radius 2 is 1.62 bits per heavy atom. The van der Waals surface area contributed by atoms with Crippen LogP contribution in [0.1, 0.15) is 2.85 Å². The first-order valence-corrected chi connectivity index (χ1v) is 5.83. The molecule has 104 valence electrons. The van der Waals surface area contributed by atoms with Crippen molar-refractivity contribution in [3.8, 4) is 28.4 Å². The van der Waals surface area contributed by atoms with E-state index in [1.807, 2.05) is 0 Å². The van der Waals surface area contributed by atoms with Gasteiger partial charge in [-0.1, -0.05) is 12.1 Å². The largest absolute Gasteiger partial charge is 2.00 e. The number of fused-ring (bicyclic) bond motifs is 1. The molecule has 3 aromatic rings. The van der Waals surface area contributed by atoms with Gasteiger partial charge in [0.15, 0.2) is 0 Å². The van der Waals surface area contributed by atoms with Crippen LogP contribution >= 0.6 is 0 Å². The van der Waals surface area contributed by atoms with Gasteiger partial charge in [0.25, 0.3) is 0 Å². The molecule has 1 aromatic heterocycles. The van der Waals surface area contributed by atoms with E-state index in [-0.39, 0.29) is 74.4 Å². The summed E-state index contributed by atoms with van der Waals surface area (Å²) in [4.78, 5) is 12.4. The van der Waals surface area contributed by atoms with Crippen molar-refractivity contribution >= 4 is 48.7 Å². The minimum atomic E-state index is -0.408. The number of phenolic OH excluding ortho intramolecular Hbond substituents is 3. The molecule has 0 fully saturated rings. The van der Waals surface area contributed by atoms with E-state index in [4.69, 9.17) is 4.42 Å². The Labute approximate surface area is 152 Å². The van der Waals surface area contributed by atoms with E-state index in [0.29, 0.717) is 5.56 Å². The number of hydrogen-bond acceptors (Lipinski definition) is 5. The first kappa shape index (κ1) is 15.7. The summed E-state index contributed by atoms with van der Waals surface area (Å²) in [5.74, 6) is -0.434. The van der Waals surface area contributed by atoms with Gasteiger partial charge in [0.1, 0.15) is 34.5 Å². The molecule has 0 radical (unpaired) electrons. The van der Waals surface area contributed by atoms with Crippen LogP contribution in [-0.2, 0) is 0 Å². The molecule has 21 heavy (non-hydrogen) atoms. The van der Waals surface area contributed by atoms with Crippen molar-refractivity contribution in [3.63, 3.8) is 0 Å². The van der Waals surface area contributed by atoms with Crippen molar-refractivity contribution in [2.75, 3.05) is 0 Å². The molecule has 0 aliphatic rings. The third-order valence-electron chi connectivity index (χ3n) is 3.02. The SMILES string of the molecule is O=c1c(-c2ccc(O)cc2)coc2cc(O)cc(O)c12.[Ca+2].[H-].[H-]. The maximum atomic E-state index is 12.4. The molecule has 0 bridgehead atoms. The van der Waals surface area contributed by atoms with Crippen LogP contribution < -0.4 is 5.43 Å². The molecule has 0 atom stereocenters. The van der Waals surface area contributed by atoms with E-state index in [2.05, 4.69) is 0 Å². The van der Waals surface area contributed by atoms with Gasteiger partial charge in [0, 0.05) is 12.1 Å². The van der Waals surface area contributed by atoms with E-state index >= 15 is 0 Å². The average molecular weight is 312 g/mol. The van der Waals surface area contributed by atoms with Crippen LogP contribution in [0, 0.1) is 0 Å². The number of benzene rings is 2. The van der Waals surface area contributed by atoms with Gasteiger partial charge in [-0.15, -0.1) is 0 Å². The first-order chi connectivity index (χ1) is 9.56. The zero-order chi connectivity index (χ0) is 14.3. The average Bonchev–Trinajstić information content (AvgIpc) is 2.39. The van der Waals surface area contributed by atoms with Gasteiger partial charge < -0.3 is 22.6 Å². The molecule has 0 aliphatic carbocycles. The van der Waals surface area contributed by atoms with Gasteiger partial charge in [-0.2, -0.15) is 0 Å². The van der Waals surface area contributed by atoms with Gasteiger partial charge in [0.2, 0.25) is 5.43 Å². The molecule has 3 rings (SSSR count). The van der Waals surface area contributed by atoms with Crippen molar-refractivity contribution in [3.05, 3.63) is 52.9 Å². The van der Waals surface area contributed by atoms with Crippen LogP contribution in [0.15, 0.2) is 51.9 Å². The van der Waals surface area contributed by atoms with Crippen molar-refractivity contribution in [1.29, 1.82) is 0 Å². The second-order valence-corrected chi connectivity index (χ2v) is 4.36. The third kappa shape index (κ3) is 2.85. The number of hydrogen-bond donors (Lipinski definition) is 3. The van der Waals surface area contributed by atoms with Crippen molar-refractivity contribution in [1.82, 2.24) is 0 Å². The monoisotopic (exact) mass is 312 g/mol. The van der Waals surface area contributed by atoms with Crippen LogP contribution in [0.3, 0.4) is 0 Å². The molecule has 2 aromatic carbocycles. The second-order valence-electron chi connectivity index (χ2n) is 4.36. The molecule has 0 saturated heterocycles. The van der Waals surface area contributed by atoms with Gasteiger partial charge in [-0.05, 0) is 17.7 Å². The summed E-state index contributed by atoms with van der Waals surface area (Å²) in [6.45, 7) is 0. The fraction of sp³-hybridized carbons (Fsp3) is 0. The smallest absolute Gasteiger partial charge is 1.00 e. The maximum Gasteiger partial charge on any atom is 2.00 e. The molecule has 0 amide bonds. The fourth-order valence-corrected chi connectivity index (χ4v) is 2.06. The molecule has 3 N–H and O–H groups in total. The molecule has 0 unspecified atom stereocenters. The van der Waals surface area contributed by atoms with Crippen LogP contribution in [0.25, 0.3) is 22.1 Å². The normalized spacial score (nSPS) is 10.3. The third-order valence-corrected chi connectivity index (χ3v) is 3.02. The Kier molecular flexibility index (Phi) is 4.46. The van der Waals surface area contributed by atoms with Gasteiger partial charge in [-0.3, -0.25) is 4.79 Å². The topological polar surface area (TPSA) is 90.9 Å². The van der Waals surface area contributed by atoms with Crippen molar-refractivity contribution in [2.24, 2.45) is 0 Å². The van der Waals surface area contributed by atoms with Crippen LogP contribution in [0.2, 0.25) is 0 Å². The summed E-state index contributed by atoms with van der Waals surface area (Å²) in [7, 11) is 0. The molecular weight excluding hydrogens is 300 g/mol. The van der Waals surface area contributed by atoms with E-state index in [1.165, 1.54) is 24.5 Å². The predicted octanol–water partition coefficient (Wildman–Crippen LogP) is 2.42. The Morgan fingerprint density at radius 3 is 2.29 bits per heavy atom. The van der Waals surface area contributed by atoms with Crippen LogP contribution in [0.4, 0.5) is 0 Å². The van der Waals surface area contributed by atoms with E-state index in [1.54, 1.807) is 12.1 Å². The van der Waals surface area contributed by atoms with E-state index in [9.17, 15) is 20.1 Å². The minimum absolute atomic E-state index is 0. The molecule has 0 saturated carbocycles. The molecular formula is C15H12CaO5. The predicted molar refractivity (Wildman–Crippen MR) is 80.9 cm³/mol. The Balaban J connectivity index is 0.00000161. The first-order valence-electron chi connectivity index (χ1n) is 5.83. The van der Waals surface area contributed by atoms with Gasteiger partial charge in [-0.25, -0.2) is 0 Å². The number of aromatic hydroxyl groups is 3. The summed E-state index contributed by atoms with van der Waals surface area (Å²) in [5.41, 5.74) is 0.522.